The van der Waals surface area contributed by atoms with E-state index in [-0.39, 0.29) is 27.8 Å². The van der Waals surface area contributed by atoms with Gasteiger partial charge in [-0.1, -0.05) is 35.9 Å². The van der Waals surface area contributed by atoms with E-state index in [1.54, 1.807) is 19.1 Å². The summed E-state index contributed by atoms with van der Waals surface area (Å²) in [7, 11) is 0. The van der Waals surface area contributed by atoms with Crippen LogP contribution >= 0.6 is 11.6 Å². The molecular weight excluding hydrogens is 306 g/mol. The van der Waals surface area contributed by atoms with Crippen molar-refractivity contribution in [3.8, 4) is 5.75 Å². The summed E-state index contributed by atoms with van der Waals surface area (Å²) < 4.78 is 0. The van der Waals surface area contributed by atoms with E-state index in [0.717, 1.165) is 0 Å². The van der Waals surface area contributed by atoms with Crippen LogP contribution in [0.25, 0.3) is 6.08 Å². The van der Waals surface area contributed by atoms with Crippen LogP contribution in [-0.4, -0.2) is 15.8 Å². The molecule has 2 aromatic carbocycles. The summed E-state index contributed by atoms with van der Waals surface area (Å²) in [6.45, 7) is 1.61. The zero-order chi connectivity index (χ0) is 16.3. The summed E-state index contributed by atoms with van der Waals surface area (Å²) in [6, 6.07) is 8.87. The molecule has 0 fully saturated rings. The highest BCUT2D eigenvalue weighted by Gasteiger charge is 2.13. The number of benzene rings is 2. The Hall–Kier alpha value is -2.66. The van der Waals surface area contributed by atoms with Gasteiger partial charge in [-0.15, -0.1) is 0 Å². The third kappa shape index (κ3) is 3.51. The Morgan fingerprint density at radius 3 is 2.64 bits per heavy atom. The molecule has 0 aliphatic rings. The average molecular weight is 318 g/mol. The number of nitro benzene ring substituents is 1. The van der Waals surface area contributed by atoms with Gasteiger partial charge in [0.1, 0.15) is 5.75 Å². The molecule has 0 bridgehead atoms. The van der Waals surface area contributed by atoms with Crippen LogP contribution in [0.5, 0.6) is 5.75 Å². The lowest BCUT2D eigenvalue weighted by Gasteiger charge is -2.00. The number of ketones is 1. The van der Waals surface area contributed by atoms with Crippen molar-refractivity contribution < 1.29 is 14.8 Å². The van der Waals surface area contributed by atoms with Crippen molar-refractivity contribution in [2.45, 2.75) is 6.92 Å². The minimum atomic E-state index is -0.518. The summed E-state index contributed by atoms with van der Waals surface area (Å²) >= 11 is 5.78. The van der Waals surface area contributed by atoms with Gasteiger partial charge in [0.05, 0.1) is 9.95 Å². The van der Waals surface area contributed by atoms with Crippen LogP contribution in [0.15, 0.2) is 42.5 Å². The predicted molar refractivity (Wildman–Crippen MR) is 84.3 cm³/mol. The van der Waals surface area contributed by atoms with Crippen molar-refractivity contribution in [1.29, 1.82) is 0 Å². The topological polar surface area (TPSA) is 80.4 Å². The predicted octanol–water partition coefficient (Wildman–Crippen LogP) is 4.16. The largest absolute Gasteiger partial charge is 0.506 e. The quantitative estimate of drug-likeness (QED) is 0.397. The molecule has 0 saturated heterocycles. The Morgan fingerprint density at radius 2 is 2.00 bits per heavy atom. The summed E-state index contributed by atoms with van der Waals surface area (Å²) in [4.78, 5) is 22.4. The molecule has 22 heavy (non-hydrogen) atoms. The van der Waals surface area contributed by atoms with E-state index in [2.05, 4.69) is 0 Å². The van der Waals surface area contributed by atoms with Crippen molar-refractivity contribution in [2.24, 2.45) is 0 Å². The second-order valence-electron chi connectivity index (χ2n) is 4.67. The molecule has 0 aliphatic carbocycles. The third-order valence-electron chi connectivity index (χ3n) is 3.09. The number of phenolic OH excluding ortho intramolecular Hbond substituents is 1. The molecule has 0 aliphatic heterocycles. The number of allylic oxidation sites excluding steroid dienone is 1. The highest BCUT2D eigenvalue weighted by atomic mass is 35.5. The van der Waals surface area contributed by atoms with Gasteiger partial charge in [-0.25, -0.2) is 0 Å². The third-order valence-corrected chi connectivity index (χ3v) is 3.39. The molecule has 112 valence electrons. The van der Waals surface area contributed by atoms with Crippen molar-refractivity contribution >= 4 is 29.1 Å². The molecule has 5 nitrogen and oxygen atoms in total. The zero-order valence-electron chi connectivity index (χ0n) is 11.6. The molecule has 0 amide bonds. The van der Waals surface area contributed by atoms with E-state index in [1.165, 1.54) is 36.4 Å². The molecule has 2 aromatic rings. The highest BCUT2D eigenvalue weighted by Crippen LogP contribution is 2.24. The molecule has 0 atom stereocenters. The molecular formula is C16H12ClNO4. The van der Waals surface area contributed by atoms with Crippen LogP contribution in [0.1, 0.15) is 21.5 Å². The van der Waals surface area contributed by atoms with Crippen molar-refractivity contribution in [2.75, 3.05) is 0 Å². The van der Waals surface area contributed by atoms with Gasteiger partial charge in [-0.05, 0) is 30.7 Å². The minimum Gasteiger partial charge on any atom is -0.506 e. The van der Waals surface area contributed by atoms with Crippen LogP contribution < -0.4 is 0 Å². The Morgan fingerprint density at radius 1 is 1.27 bits per heavy atom. The van der Waals surface area contributed by atoms with E-state index in [1.807, 2.05) is 0 Å². The maximum Gasteiger partial charge on any atom is 0.273 e. The Kier molecular flexibility index (Phi) is 4.58. The molecule has 0 aromatic heterocycles. The number of hydrogen-bond donors (Lipinski definition) is 1. The first-order valence-corrected chi connectivity index (χ1v) is 6.72. The van der Waals surface area contributed by atoms with E-state index in [4.69, 9.17) is 11.6 Å². The van der Waals surface area contributed by atoms with Crippen LogP contribution in [0.3, 0.4) is 0 Å². The second kappa shape index (κ2) is 6.41. The number of hydrogen-bond acceptors (Lipinski definition) is 4. The molecule has 2 rings (SSSR count). The van der Waals surface area contributed by atoms with Crippen LogP contribution in [-0.2, 0) is 0 Å². The molecule has 0 heterocycles. The molecule has 6 heteroatoms. The van der Waals surface area contributed by atoms with Crippen molar-refractivity contribution in [1.82, 2.24) is 0 Å². The van der Waals surface area contributed by atoms with Crippen LogP contribution in [0, 0.1) is 17.0 Å². The number of rotatable bonds is 4. The Bertz CT molecular complexity index is 784. The monoisotopic (exact) mass is 317 g/mol. The summed E-state index contributed by atoms with van der Waals surface area (Å²) in [5.41, 5.74) is 1.28. The lowest BCUT2D eigenvalue weighted by molar-refractivity contribution is -0.385. The lowest BCUT2D eigenvalue weighted by atomic mass is 10.1. The van der Waals surface area contributed by atoms with Crippen LogP contribution in [0.4, 0.5) is 5.69 Å². The lowest BCUT2D eigenvalue weighted by Crippen LogP contribution is -1.98. The first-order valence-electron chi connectivity index (χ1n) is 6.34. The number of aromatic hydroxyl groups is 1. The van der Waals surface area contributed by atoms with Gasteiger partial charge >= 0.3 is 0 Å². The summed E-state index contributed by atoms with van der Waals surface area (Å²) in [6.07, 6.45) is 2.83. The number of halogens is 1. The standard InChI is InChI=1S/C16H12ClNO4/c1-10-2-5-12(9-14(10)18(21)22)15(19)6-3-11-4-7-16(20)13(17)8-11/h2-9,20H,1H3. The maximum absolute atomic E-state index is 12.1. The number of nitrogens with zero attached hydrogens (tertiary/aromatic N) is 1. The van der Waals surface area contributed by atoms with Gasteiger partial charge in [-0.3, -0.25) is 14.9 Å². The van der Waals surface area contributed by atoms with E-state index < -0.39 is 4.92 Å². The van der Waals surface area contributed by atoms with E-state index in [0.29, 0.717) is 11.1 Å². The van der Waals surface area contributed by atoms with Gasteiger partial charge in [0, 0.05) is 17.2 Å². The van der Waals surface area contributed by atoms with Gasteiger partial charge in [0.15, 0.2) is 5.78 Å². The smallest absolute Gasteiger partial charge is 0.273 e. The van der Waals surface area contributed by atoms with Gasteiger partial charge in [-0.2, -0.15) is 0 Å². The summed E-state index contributed by atoms with van der Waals surface area (Å²) in [5.74, 6) is -0.397. The normalized spacial score (nSPS) is 10.8. The van der Waals surface area contributed by atoms with E-state index in [9.17, 15) is 20.0 Å². The average Bonchev–Trinajstić information content (AvgIpc) is 2.48. The fourth-order valence-corrected chi connectivity index (χ4v) is 2.04. The highest BCUT2D eigenvalue weighted by molar-refractivity contribution is 6.32. The van der Waals surface area contributed by atoms with Gasteiger partial charge in [0.2, 0.25) is 0 Å². The van der Waals surface area contributed by atoms with Crippen LogP contribution in [0.2, 0.25) is 5.02 Å². The minimum absolute atomic E-state index is 0.0423. The van der Waals surface area contributed by atoms with Crippen molar-refractivity contribution in [3.05, 3.63) is 74.3 Å². The molecule has 0 spiro atoms. The molecule has 0 radical (unpaired) electrons. The fourth-order valence-electron chi connectivity index (χ4n) is 1.85. The molecule has 1 N–H and O–H groups in total. The number of phenols is 1. The molecule has 0 saturated carbocycles. The Balaban J connectivity index is 2.25. The van der Waals surface area contributed by atoms with Gasteiger partial charge < -0.3 is 5.11 Å². The first-order chi connectivity index (χ1) is 10.4. The Labute approximate surface area is 131 Å². The van der Waals surface area contributed by atoms with E-state index >= 15 is 0 Å². The number of aryl methyl sites for hydroxylation is 1. The van der Waals surface area contributed by atoms with Crippen molar-refractivity contribution in [3.63, 3.8) is 0 Å². The first kappa shape index (κ1) is 15.7. The zero-order valence-corrected chi connectivity index (χ0v) is 12.4. The number of carbonyl (C=O) groups is 1. The second-order valence-corrected chi connectivity index (χ2v) is 5.07. The maximum atomic E-state index is 12.1. The number of nitro groups is 1. The number of carbonyl (C=O) groups excluding carboxylic acids is 1. The fraction of sp³-hybridized carbons (Fsp3) is 0.0625. The van der Waals surface area contributed by atoms with Gasteiger partial charge in [0.25, 0.3) is 5.69 Å². The molecule has 0 unspecified atom stereocenters. The SMILES string of the molecule is Cc1ccc(C(=O)C=Cc2ccc(O)c(Cl)c2)cc1[N+](=O)[O-]. The summed E-state index contributed by atoms with van der Waals surface area (Å²) in [5, 5.41) is 20.4.